The van der Waals surface area contributed by atoms with E-state index in [1.54, 1.807) is 23.6 Å². The molecule has 1 fully saturated rings. The molecule has 1 aliphatic rings. The van der Waals surface area contributed by atoms with Crippen LogP contribution in [0.4, 0.5) is 5.82 Å². The first-order chi connectivity index (χ1) is 9.37. The fourth-order valence-corrected chi connectivity index (χ4v) is 5.83. The molecule has 0 bridgehead atoms. The van der Waals surface area contributed by atoms with Gasteiger partial charge in [0.1, 0.15) is 10.7 Å². The minimum absolute atomic E-state index is 0.0255. The zero-order valence-corrected chi connectivity index (χ0v) is 14.8. The van der Waals surface area contributed by atoms with Crippen molar-refractivity contribution in [2.45, 2.75) is 30.0 Å². The molecule has 5 nitrogen and oxygen atoms in total. The van der Waals surface area contributed by atoms with Gasteiger partial charge in [0, 0.05) is 41.3 Å². The number of nitrogens with one attached hydrogen (secondary N) is 1. The second-order valence-corrected chi connectivity index (χ2v) is 8.94. The van der Waals surface area contributed by atoms with Crippen LogP contribution in [0, 0.1) is 0 Å². The quantitative estimate of drug-likeness (QED) is 0.873. The van der Waals surface area contributed by atoms with E-state index in [0.717, 1.165) is 5.75 Å². The van der Waals surface area contributed by atoms with E-state index in [9.17, 15) is 8.42 Å². The predicted octanol–water partition coefficient (Wildman–Crippen LogP) is 2.40. The zero-order chi connectivity index (χ0) is 14.9. The Morgan fingerprint density at radius 3 is 2.85 bits per heavy atom. The number of pyridine rings is 1. The first-order valence-electron chi connectivity index (χ1n) is 6.34. The molecule has 1 aromatic rings. The van der Waals surface area contributed by atoms with Crippen molar-refractivity contribution in [3.8, 4) is 0 Å². The Morgan fingerprint density at radius 2 is 2.20 bits per heavy atom. The van der Waals surface area contributed by atoms with Crippen LogP contribution in [0.1, 0.15) is 13.8 Å². The van der Waals surface area contributed by atoms with Gasteiger partial charge in [-0.25, -0.2) is 13.4 Å². The van der Waals surface area contributed by atoms with Crippen molar-refractivity contribution < 1.29 is 8.42 Å². The van der Waals surface area contributed by atoms with Crippen LogP contribution in [-0.4, -0.2) is 48.3 Å². The van der Waals surface area contributed by atoms with Gasteiger partial charge >= 0.3 is 0 Å². The summed E-state index contributed by atoms with van der Waals surface area (Å²) in [5, 5.41) is 3.14. The largest absolute Gasteiger partial charge is 0.372 e. The summed E-state index contributed by atoms with van der Waals surface area (Å²) in [6.45, 7) is 4.56. The van der Waals surface area contributed by atoms with Crippen LogP contribution in [0.5, 0.6) is 0 Å². The first-order valence-corrected chi connectivity index (χ1v) is 9.63. The van der Waals surface area contributed by atoms with Gasteiger partial charge in [0.25, 0.3) is 0 Å². The molecule has 20 heavy (non-hydrogen) atoms. The standard InChI is InChI=1S/C12H18BrN3O2S2/c1-8-9(2)19-5-4-16(8)20(17,18)11-6-10(13)7-15-12(11)14-3/h6-9H,4-5H2,1-3H3,(H,14,15). The highest BCUT2D eigenvalue weighted by molar-refractivity contribution is 9.10. The number of halogens is 1. The molecule has 0 spiro atoms. The van der Waals surface area contributed by atoms with Crippen molar-refractivity contribution in [3.05, 3.63) is 16.7 Å². The molecule has 0 amide bonds. The van der Waals surface area contributed by atoms with E-state index < -0.39 is 10.0 Å². The molecule has 2 rings (SSSR count). The molecule has 8 heteroatoms. The van der Waals surface area contributed by atoms with Crippen molar-refractivity contribution in [2.24, 2.45) is 0 Å². The second-order valence-electron chi connectivity index (χ2n) is 4.68. The fourth-order valence-electron chi connectivity index (χ4n) is 2.18. The summed E-state index contributed by atoms with van der Waals surface area (Å²) in [7, 11) is -1.87. The summed E-state index contributed by atoms with van der Waals surface area (Å²) in [4.78, 5) is 4.36. The number of thioether (sulfide) groups is 1. The molecule has 1 N–H and O–H groups in total. The molecular formula is C12H18BrN3O2S2. The van der Waals surface area contributed by atoms with E-state index in [1.807, 2.05) is 18.7 Å². The Balaban J connectivity index is 2.47. The van der Waals surface area contributed by atoms with Crippen molar-refractivity contribution in [1.29, 1.82) is 0 Å². The van der Waals surface area contributed by atoms with E-state index in [2.05, 4.69) is 33.2 Å². The summed E-state index contributed by atoms with van der Waals surface area (Å²) in [6.07, 6.45) is 1.59. The summed E-state index contributed by atoms with van der Waals surface area (Å²) in [5.74, 6) is 1.20. The normalized spacial score (nSPS) is 24.6. The third-order valence-electron chi connectivity index (χ3n) is 3.47. The molecule has 0 radical (unpaired) electrons. The van der Waals surface area contributed by atoms with Crippen LogP contribution in [0.3, 0.4) is 0 Å². The monoisotopic (exact) mass is 379 g/mol. The Bertz CT molecular complexity index is 594. The third-order valence-corrected chi connectivity index (χ3v) is 7.24. The Morgan fingerprint density at radius 1 is 1.50 bits per heavy atom. The van der Waals surface area contributed by atoms with Crippen LogP contribution in [0.2, 0.25) is 0 Å². The Labute approximate surface area is 132 Å². The van der Waals surface area contributed by atoms with Gasteiger partial charge in [-0.1, -0.05) is 6.92 Å². The molecule has 0 saturated carbocycles. The van der Waals surface area contributed by atoms with Gasteiger partial charge in [-0.3, -0.25) is 0 Å². The van der Waals surface area contributed by atoms with Gasteiger partial charge in [-0.15, -0.1) is 0 Å². The van der Waals surface area contributed by atoms with Gasteiger partial charge < -0.3 is 5.32 Å². The molecule has 1 aromatic heterocycles. The maximum absolute atomic E-state index is 12.9. The number of hydrogen-bond acceptors (Lipinski definition) is 5. The van der Waals surface area contributed by atoms with E-state index in [1.165, 1.54) is 0 Å². The lowest BCUT2D eigenvalue weighted by Gasteiger charge is -2.36. The van der Waals surface area contributed by atoms with Crippen molar-refractivity contribution in [3.63, 3.8) is 0 Å². The van der Waals surface area contributed by atoms with Crippen LogP contribution in [0.25, 0.3) is 0 Å². The highest BCUT2D eigenvalue weighted by Crippen LogP contribution is 2.32. The minimum atomic E-state index is -3.54. The first kappa shape index (κ1) is 16.1. The van der Waals surface area contributed by atoms with Crippen molar-refractivity contribution >= 4 is 43.5 Å². The topological polar surface area (TPSA) is 62.3 Å². The van der Waals surface area contributed by atoms with Crippen molar-refractivity contribution in [1.82, 2.24) is 9.29 Å². The predicted molar refractivity (Wildman–Crippen MR) is 86.8 cm³/mol. The molecule has 112 valence electrons. The zero-order valence-electron chi connectivity index (χ0n) is 11.6. The van der Waals surface area contributed by atoms with Gasteiger partial charge in [0.2, 0.25) is 10.0 Å². The van der Waals surface area contributed by atoms with Crippen LogP contribution < -0.4 is 5.32 Å². The van der Waals surface area contributed by atoms with E-state index in [4.69, 9.17) is 0 Å². The average molecular weight is 380 g/mol. The van der Waals surface area contributed by atoms with Crippen LogP contribution in [-0.2, 0) is 10.0 Å². The lowest BCUT2D eigenvalue weighted by molar-refractivity contribution is 0.340. The molecule has 0 aromatic carbocycles. The summed E-state index contributed by atoms with van der Waals surface area (Å²) < 4.78 is 28.0. The molecular weight excluding hydrogens is 362 g/mol. The molecule has 2 heterocycles. The summed E-state index contributed by atoms with van der Waals surface area (Å²) in [6, 6.07) is 1.58. The smallest absolute Gasteiger partial charge is 0.247 e. The number of sulfonamides is 1. The van der Waals surface area contributed by atoms with E-state index in [-0.39, 0.29) is 16.2 Å². The molecule has 1 aliphatic heterocycles. The highest BCUT2D eigenvalue weighted by Gasteiger charge is 2.36. The summed E-state index contributed by atoms with van der Waals surface area (Å²) in [5.41, 5.74) is 0. The number of aromatic nitrogens is 1. The van der Waals surface area contributed by atoms with Gasteiger partial charge in [-0.05, 0) is 28.9 Å². The van der Waals surface area contributed by atoms with E-state index in [0.29, 0.717) is 16.8 Å². The minimum Gasteiger partial charge on any atom is -0.372 e. The lowest BCUT2D eigenvalue weighted by Crippen LogP contribution is -2.47. The van der Waals surface area contributed by atoms with Gasteiger partial charge in [0.15, 0.2) is 0 Å². The third kappa shape index (κ3) is 2.98. The molecule has 2 unspecified atom stereocenters. The molecule has 0 aliphatic carbocycles. The second kappa shape index (κ2) is 6.21. The number of anilines is 1. The number of rotatable bonds is 3. The van der Waals surface area contributed by atoms with Crippen LogP contribution in [0.15, 0.2) is 21.6 Å². The molecule has 1 saturated heterocycles. The highest BCUT2D eigenvalue weighted by atomic mass is 79.9. The molecule has 2 atom stereocenters. The van der Waals surface area contributed by atoms with Gasteiger partial charge in [0.05, 0.1) is 0 Å². The van der Waals surface area contributed by atoms with Gasteiger partial charge in [-0.2, -0.15) is 16.1 Å². The number of nitrogens with zero attached hydrogens (tertiary/aromatic N) is 2. The summed E-state index contributed by atoms with van der Waals surface area (Å²) >= 11 is 5.10. The number of hydrogen-bond donors (Lipinski definition) is 1. The fraction of sp³-hybridized carbons (Fsp3) is 0.583. The SMILES string of the molecule is CNc1ncc(Br)cc1S(=O)(=O)N1CCSC(C)C1C. The van der Waals surface area contributed by atoms with E-state index >= 15 is 0 Å². The van der Waals surface area contributed by atoms with Crippen molar-refractivity contribution in [2.75, 3.05) is 24.7 Å². The van der Waals surface area contributed by atoms with Crippen LogP contribution >= 0.6 is 27.7 Å². The Hall–Kier alpha value is -0.310. The lowest BCUT2D eigenvalue weighted by atomic mass is 10.2. The average Bonchev–Trinajstić information content (AvgIpc) is 2.41. The Kier molecular flexibility index (Phi) is 4.99. The maximum Gasteiger partial charge on any atom is 0.247 e. The maximum atomic E-state index is 12.9.